The zero-order chi connectivity index (χ0) is 11.5. The summed E-state index contributed by atoms with van der Waals surface area (Å²) >= 11 is 0. The maximum atomic E-state index is 10.9. The molecule has 1 rings (SSSR count). The van der Waals surface area contributed by atoms with Crippen LogP contribution in [0.2, 0.25) is 0 Å². The third-order valence-electron chi connectivity index (χ3n) is 3.39. The van der Waals surface area contributed by atoms with Gasteiger partial charge in [-0.1, -0.05) is 19.3 Å². The van der Waals surface area contributed by atoms with E-state index in [1.165, 1.54) is 25.7 Å². The summed E-state index contributed by atoms with van der Waals surface area (Å²) in [5.74, 6) is 0.193. The van der Waals surface area contributed by atoms with Crippen LogP contribution in [0.4, 0.5) is 0 Å². The largest absolute Gasteiger partial charge is 0.481 e. The predicted octanol–water partition coefficient (Wildman–Crippen LogP) is 2.22. The van der Waals surface area contributed by atoms with Gasteiger partial charge in [-0.2, -0.15) is 0 Å². The van der Waals surface area contributed by atoms with Gasteiger partial charge in [0.25, 0.3) is 0 Å². The van der Waals surface area contributed by atoms with Crippen molar-refractivity contribution in [2.75, 3.05) is 20.1 Å². The van der Waals surface area contributed by atoms with Crippen molar-refractivity contribution in [3.63, 3.8) is 0 Å². The van der Waals surface area contributed by atoms with Crippen LogP contribution in [0.5, 0.6) is 0 Å². The molecule has 15 heavy (non-hydrogen) atoms. The van der Waals surface area contributed by atoms with E-state index < -0.39 is 11.4 Å². The molecule has 0 aromatic rings. The minimum Gasteiger partial charge on any atom is -0.481 e. The van der Waals surface area contributed by atoms with Gasteiger partial charge < -0.3 is 10.0 Å². The van der Waals surface area contributed by atoms with E-state index in [-0.39, 0.29) is 0 Å². The molecule has 88 valence electrons. The second-order valence-corrected chi connectivity index (χ2v) is 5.51. The molecule has 0 aliphatic heterocycles. The fourth-order valence-corrected chi connectivity index (χ4v) is 2.01. The molecule has 3 heteroatoms. The summed E-state index contributed by atoms with van der Waals surface area (Å²) in [6.45, 7) is 5.24. The molecule has 1 N–H and O–H groups in total. The monoisotopic (exact) mass is 213 g/mol. The first-order valence-electron chi connectivity index (χ1n) is 5.84. The van der Waals surface area contributed by atoms with Crippen molar-refractivity contribution < 1.29 is 9.90 Å². The number of carboxylic acids is 1. The van der Waals surface area contributed by atoms with Crippen molar-refractivity contribution in [1.29, 1.82) is 0 Å². The second kappa shape index (κ2) is 4.97. The van der Waals surface area contributed by atoms with E-state index >= 15 is 0 Å². The average Bonchev–Trinajstić information content (AvgIpc) is 1.99. The van der Waals surface area contributed by atoms with E-state index in [9.17, 15) is 4.79 Å². The van der Waals surface area contributed by atoms with E-state index in [0.29, 0.717) is 6.54 Å². The lowest BCUT2D eigenvalue weighted by Crippen LogP contribution is -2.38. The normalized spacial score (nSPS) is 17.9. The molecule has 0 saturated heterocycles. The Morgan fingerprint density at radius 3 is 2.47 bits per heavy atom. The third-order valence-corrected chi connectivity index (χ3v) is 3.39. The maximum absolute atomic E-state index is 10.9. The number of rotatable bonds is 6. The van der Waals surface area contributed by atoms with Crippen LogP contribution in [0.1, 0.15) is 39.5 Å². The molecule has 0 radical (unpaired) electrons. The fraction of sp³-hybridized carbons (Fsp3) is 0.917. The van der Waals surface area contributed by atoms with E-state index in [0.717, 1.165) is 12.5 Å². The molecule has 1 fully saturated rings. The molecule has 0 bridgehead atoms. The number of aliphatic carboxylic acids is 1. The van der Waals surface area contributed by atoms with Crippen LogP contribution in [0.15, 0.2) is 0 Å². The summed E-state index contributed by atoms with van der Waals surface area (Å²) in [4.78, 5) is 13.1. The van der Waals surface area contributed by atoms with E-state index in [1.807, 2.05) is 7.05 Å². The van der Waals surface area contributed by atoms with Gasteiger partial charge in [0.2, 0.25) is 0 Å². The first-order valence-corrected chi connectivity index (χ1v) is 5.84. The SMILES string of the molecule is CN(CCC1CCC1)CC(C)(C)C(=O)O. The molecule has 0 heterocycles. The van der Waals surface area contributed by atoms with Crippen LogP contribution < -0.4 is 0 Å². The Morgan fingerprint density at radius 1 is 1.47 bits per heavy atom. The number of hydrogen-bond acceptors (Lipinski definition) is 2. The van der Waals surface area contributed by atoms with Gasteiger partial charge in [0.1, 0.15) is 0 Å². The summed E-state index contributed by atoms with van der Waals surface area (Å²) in [6, 6.07) is 0. The average molecular weight is 213 g/mol. The lowest BCUT2D eigenvalue weighted by Gasteiger charge is -2.30. The molecule has 1 aliphatic carbocycles. The van der Waals surface area contributed by atoms with Crippen molar-refractivity contribution >= 4 is 5.97 Å². The van der Waals surface area contributed by atoms with Gasteiger partial charge in [-0.15, -0.1) is 0 Å². The lowest BCUT2D eigenvalue weighted by atomic mass is 9.83. The summed E-state index contributed by atoms with van der Waals surface area (Å²) in [7, 11) is 2.02. The summed E-state index contributed by atoms with van der Waals surface area (Å²) in [5.41, 5.74) is -0.631. The fourth-order valence-electron chi connectivity index (χ4n) is 2.01. The van der Waals surface area contributed by atoms with Crippen LogP contribution in [0.3, 0.4) is 0 Å². The van der Waals surface area contributed by atoms with Gasteiger partial charge >= 0.3 is 5.97 Å². The van der Waals surface area contributed by atoms with E-state index in [1.54, 1.807) is 13.8 Å². The topological polar surface area (TPSA) is 40.5 Å². The van der Waals surface area contributed by atoms with Crippen LogP contribution in [-0.4, -0.2) is 36.1 Å². The molecule has 0 unspecified atom stereocenters. The number of nitrogens with zero attached hydrogens (tertiary/aromatic N) is 1. The maximum Gasteiger partial charge on any atom is 0.310 e. The summed E-state index contributed by atoms with van der Waals surface area (Å²) < 4.78 is 0. The molecule has 1 aliphatic rings. The van der Waals surface area contributed by atoms with Gasteiger partial charge in [0.15, 0.2) is 0 Å². The highest BCUT2D eigenvalue weighted by molar-refractivity contribution is 5.73. The predicted molar refractivity (Wildman–Crippen MR) is 60.9 cm³/mol. The molecule has 0 aromatic carbocycles. The Kier molecular flexibility index (Phi) is 4.14. The van der Waals surface area contributed by atoms with Crippen molar-refractivity contribution in [3.8, 4) is 0 Å². The van der Waals surface area contributed by atoms with E-state index in [2.05, 4.69) is 4.90 Å². The Hall–Kier alpha value is -0.570. The molecular weight excluding hydrogens is 190 g/mol. The van der Waals surface area contributed by atoms with Crippen molar-refractivity contribution in [1.82, 2.24) is 4.90 Å². The van der Waals surface area contributed by atoms with Crippen LogP contribution >= 0.6 is 0 Å². The van der Waals surface area contributed by atoms with Gasteiger partial charge in [-0.3, -0.25) is 4.79 Å². The zero-order valence-electron chi connectivity index (χ0n) is 10.1. The van der Waals surface area contributed by atoms with Crippen molar-refractivity contribution in [2.45, 2.75) is 39.5 Å². The van der Waals surface area contributed by atoms with Crippen LogP contribution in [-0.2, 0) is 4.79 Å². The quantitative estimate of drug-likeness (QED) is 0.735. The molecule has 0 amide bonds. The van der Waals surface area contributed by atoms with Crippen LogP contribution in [0.25, 0.3) is 0 Å². The highest BCUT2D eigenvalue weighted by atomic mass is 16.4. The Balaban J connectivity index is 2.21. The molecule has 0 spiro atoms. The summed E-state index contributed by atoms with van der Waals surface area (Å²) in [5, 5.41) is 9.00. The Bertz CT molecular complexity index is 222. The molecule has 3 nitrogen and oxygen atoms in total. The molecule has 1 saturated carbocycles. The minimum atomic E-state index is -0.710. The molecular formula is C12H23NO2. The smallest absolute Gasteiger partial charge is 0.310 e. The third kappa shape index (κ3) is 3.82. The highest BCUT2D eigenvalue weighted by Gasteiger charge is 2.28. The van der Waals surface area contributed by atoms with Gasteiger partial charge in [0, 0.05) is 6.54 Å². The lowest BCUT2D eigenvalue weighted by molar-refractivity contribution is -0.147. The standard InChI is InChI=1S/C12H23NO2/c1-12(2,11(14)15)9-13(3)8-7-10-5-4-6-10/h10H,4-9H2,1-3H3,(H,14,15). The Morgan fingerprint density at radius 2 is 2.07 bits per heavy atom. The number of carbonyl (C=O) groups is 1. The first kappa shape index (κ1) is 12.5. The first-order chi connectivity index (χ1) is 6.92. The summed E-state index contributed by atoms with van der Waals surface area (Å²) in [6.07, 6.45) is 5.35. The number of hydrogen-bond donors (Lipinski definition) is 1. The van der Waals surface area contributed by atoms with Gasteiger partial charge in [-0.05, 0) is 39.8 Å². The number of carboxylic acid groups (broad SMARTS) is 1. The second-order valence-electron chi connectivity index (χ2n) is 5.51. The zero-order valence-corrected chi connectivity index (χ0v) is 10.1. The molecule has 0 atom stereocenters. The van der Waals surface area contributed by atoms with Gasteiger partial charge in [0.05, 0.1) is 5.41 Å². The van der Waals surface area contributed by atoms with Gasteiger partial charge in [-0.25, -0.2) is 0 Å². The van der Waals surface area contributed by atoms with Crippen LogP contribution in [0, 0.1) is 11.3 Å². The van der Waals surface area contributed by atoms with Crippen molar-refractivity contribution in [2.24, 2.45) is 11.3 Å². The minimum absolute atomic E-state index is 0.631. The molecule has 0 aromatic heterocycles. The Labute approximate surface area is 92.5 Å². The van der Waals surface area contributed by atoms with Crippen molar-refractivity contribution in [3.05, 3.63) is 0 Å². The van der Waals surface area contributed by atoms with E-state index in [4.69, 9.17) is 5.11 Å². The highest BCUT2D eigenvalue weighted by Crippen LogP contribution is 2.29.